The standard InChI is InChI=1S/C30H41N3O10/c1-30(2,3)43-28(36)31-12-14-39-16-18-41-20-19-40-17-15-38-13-4-5-22-6-8-23(9-7-22)25-21-33(29(37)42-25)24-10-11-26(34)32-27(24)35/h6-9,24-25H,10-21H2,1-3H3,(H,31,36)(H,32,34,35)/t24?,25-/m1/s1. The molecule has 13 nitrogen and oxygen atoms in total. The van der Waals surface area contributed by atoms with E-state index < -0.39 is 35.8 Å². The Hall–Kier alpha value is -3.70. The van der Waals surface area contributed by atoms with Gasteiger partial charge in [0, 0.05) is 18.5 Å². The van der Waals surface area contributed by atoms with Gasteiger partial charge in [-0.1, -0.05) is 24.0 Å². The Morgan fingerprint density at radius 3 is 2.23 bits per heavy atom. The van der Waals surface area contributed by atoms with E-state index in [4.69, 9.17) is 28.4 Å². The Morgan fingerprint density at radius 1 is 0.977 bits per heavy atom. The second kappa shape index (κ2) is 17.4. The zero-order valence-corrected chi connectivity index (χ0v) is 25.0. The predicted molar refractivity (Wildman–Crippen MR) is 153 cm³/mol. The van der Waals surface area contributed by atoms with Crippen LogP contribution in [-0.4, -0.2) is 106 Å². The molecule has 13 heteroatoms. The first-order valence-corrected chi connectivity index (χ1v) is 14.3. The van der Waals surface area contributed by atoms with E-state index in [9.17, 15) is 19.2 Å². The number of alkyl carbamates (subject to hydrolysis) is 1. The number of carbonyl (C=O) groups excluding carboxylic acids is 4. The highest BCUT2D eigenvalue weighted by Crippen LogP contribution is 2.29. The molecule has 43 heavy (non-hydrogen) atoms. The van der Waals surface area contributed by atoms with Crippen LogP contribution in [0.3, 0.4) is 0 Å². The molecule has 2 fully saturated rings. The van der Waals surface area contributed by atoms with E-state index in [0.29, 0.717) is 59.2 Å². The molecule has 0 bridgehead atoms. The number of amides is 4. The van der Waals surface area contributed by atoms with Crippen LogP contribution in [0.4, 0.5) is 9.59 Å². The van der Waals surface area contributed by atoms with Crippen LogP contribution in [0.25, 0.3) is 0 Å². The lowest BCUT2D eigenvalue weighted by molar-refractivity contribution is -0.136. The van der Waals surface area contributed by atoms with Crippen molar-refractivity contribution in [3.05, 3.63) is 35.4 Å². The van der Waals surface area contributed by atoms with Crippen LogP contribution in [-0.2, 0) is 38.0 Å². The number of piperidine rings is 1. The number of benzene rings is 1. The fourth-order valence-electron chi connectivity index (χ4n) is 4.13. The summed E-state index contributed by atoms with van der Waals surface area (Å²) in [6.45, 7) is 9.17. The fourth-order valence-corrected chi connectivity index (χ4v) is 4.13. The fraction of sp³-hybridized carbons (Fsp3) is 0.600. The van der Waals surface area contributed by atoms with Gasteiger partial charge in [-0.3, -0.25) is 19.8 Å². The molecule has 1 unspecified atom stereocenters. The summed E-state index contributed by atoms with van der Waals surface area (Å²) in [7, 11) is 0. The molecule has 1 aromatic carbocycles. The van der Waals surface area contributed by atoms with Crippen LogP contribution in [0.2, 0.25) is 0 Å². The number of ether oxygens (including phenoxy) is 6. The molecule has 2 saturated heterocycles. The number of nitrogens with zero attached hydrogens (tertiary/aromatic N) is 1. The molecule has 4 amide bonds. The zero-order chi connectivity index (χ0) is 31.1. The first-order valence-electron chi connectivity index (χ1n) is 14.3. The van der Waals surface area contributed by atoms with Gasteiger partial charge in [0.05, 0.1) is 52.8 Å². The molecule has 1 aromatic rings. The number of carbonyl (C=O) groups is 4. The summed E-state index contributed by atoms with van der Waals surface area (Å²) in [5, 5.41) is 4.89. The van der Waals surface area contributed by atoms with Crippen LogP contribution in [0, 0.1) is 11.8 Å². The summed E-state index contributed by atoms with van der Waals surface area (Å²) in [5.41, 5.74) is 1.06. The lowest BCUT2D eigenvalue weighted by Gasteiger charge is -2.27. The highest BCUT2D eigenvalue weighted by atomic mass is 16.6. The Bertz CT molecular complexity index is 1140. The van der Waals surface area contributed by atoms with Crippen molar-refractivity contribution in [1.82, 2.24) is 15.5 Å². The molecule has 2 N–H and O–H groups in total. The van der Waals surface area contributed by atoms with Crippen LogP contribution >= 0.6 is 0 Å². The van der Waals surface area contributed by atoms with Gasteiger partial charge in [0.15, 0.2) is 0 Å². The van der Waals surface area contributed by atoms with E-state index >= 15 is 0 Å². The molecular weight excluding hydrogens is 562 g/mol. The average molecular weight is 604 g/mol. The monoisotopic (exact) mass is 603 g/mol. The van der Waals surface area contributed by atoms with Crippen molar-refractivity contribution in [3.63, 3.8) is 0 Å². The van der Waals surface area contributed by atoms with Gasteiger partial charge >= 0.3 is 12.2 Å². The Morgan fingerprint density at radius 2 is 1.60 bits per heavy atom. The number of rotatable bonds is 15. The highest BCUT2D eigenvalue weighted by molar-refractivity contribution is 6.01. The van der Waals surface area contributed by atoms with Crippen molar-refractivity contribution in [2.75, 3.05) is 65.9 Å². The number of hydrogen-bond acceptors (Lipinski definition) is 10. The van der Waals surface area contributed by atoms with Crippen molar-refractivity contribution in [1.29, 1.82) is 0 Å². The lowest BCUT2D eigenvalue weighted by atomic mass is 10.0. The summed E-state index contributed by atoms with van der Waals surface area (Å²) in [4.78, 5) is 48.7. The minimum Gasteiger partial charge on any atom is -0.444 e. The Kier molecular flexibility index (Phi) is 13.7. The summed E-state index contributed by atoms with van der Waals surface area (Å²) < 4.78 is 32.3. The van der Waals surface area contributed by atoms with Crippen LogP contribution in [0.5, 0.6) is 0 Å². The van der Waals surface area contributed by atoms with E-state index in [1.807, 2.05) is 24.3 Å². The van der Waals surface area contributed by atoms with Gasteiger partial charge in [-0.2, -0.15) is 0 Å². The van der Waals surface area contributed by atoms with Crippen molar-refractivity contribution in [2.24, 2.45) is 0 Å². The summed E-state index contributed by atoms with van der Waals surface area (Å²) in [6.07, 6.45) is -1.04. The minimum absolute atomic E-state index is 0.196. The van der Waals surface area contributed by atoms with Gasteiger partial charge in [0.2, 0.25) is 11.8 Å². The third kappa shape index (κ3) is 12.6. The molecule has 2 atom stereocenters. The van der Waals surface area contributed by atoms with E-state index in [-0.39, 0.29) is 25.5 Å². The topological polar surface area (TPSA) is 151 Å². The summed E-state index contributed by atoms with van der Waals surface area (Å²) >= 11 is 0. The second-order valence-corrected chi connectivity index (χ2v) is 10.7. The third-order valence-corrected chi connectivity index (χ3v) is 6.15. The number of nitrogens with one attached hydrogen (secondary N) is 2. The maximum absolute atomic E-state index is 12.3. The lowest BCUT2D eigenvalue weighted by Crippen LogP contribution is -2.52. The Balaban J connectivity index is 1.17. The number of hydrogen-bond donors (Lipinski definition) is 2. The van der Waals surface area contributed by atoms with Crippen molar-refractivity contribution < 1.29 is 47.6 Å². The smallest absolute Gasteiger partial charge is 0.411 e. The molecule has 0 spiro atoms. The molecule has 0 aliphatic carbocycles. The van der Waals surface area contributed by atoms with Gasteiger partial charge in [-0.15, -0.1) is 0 Å². The molecule has 3 rings (SSSR count). The van der Waals surface area contributed by atoms with Gasteiger partial charge in [0.25, 0.3) is 0 Å². The molecule has 0 aromatic heterocycles. The second-order valence-electron chi connectivity index (χ2n) is 10.7. The first kappa shape index (κ1) is 33.8. The molecule has 2 heterocycles. The largest absolute Gasteiger partial charge is 0.444 e. The Labute approximate surface area is 251 Å². The van der Waals surface area contributed by atoms with Crippen molar-refractivity contribution >= 4 is 24.0 Å². The van der Waals surface area contributed by atoms with E-state index in [1.54, 1.807) is 20.8 Å². The van der Waals surface area contributed by atoms with Crippen molar-refractivity contribution in [3.8, 4) is 11.8 Å². The van der Waals surface area contributed by atoms with Gasteiger partial charge < -0.3 is 33.7 Å². The third-order valence-electron chi connectivity index (χ3n) is 6.15. The minimum atomic E-state index is -0.696. The predicted octanol–water partition coefficient (Wildman–Crippen LogP) is 1.93. The van der Waals surface area contributed by atoms with Crippen LogP contribution in [0.15, 0.2) is 24.3 Å². The maximum Gasteiger partial charge on any atom is 0.411 e. The first-order chi connectivity index (χ1) is 20.6. The maximum atomic E-state index is 12.3. The molecule has 2 aliphatic heterocycles. The summed E-state index contributed by atoms with van der Waals surface area (Å²) in [6, 6.07) is 6.64. The van der Waals surface area contributed by atoms with Crippen LogP contribution < -0.4 is 10.6 Å². The molecule has 0 saturated carbocycles. The molecule has 2 aliphatic rings. The molecule has 236 valence electrons. The molecule has 0 radical (unpaired) electrons. The SMILES string of the molecule is CC(C)(C)OC(=O)NCCOCCOCCOCCOCC#Cc1ccc([C@H]2CN(C3CCC(=O)NC3=O)C(=O)O2)cc1. The van der Waals surface area contributed by atoms with E-state index in [2.05, 4.69) is 22.5 Å². The normalized spacial score (nSPS) is 18.5. The highest BCUT2D eigenvalue weighted by Gasteiger charge is 2.41. The van der Waals surface area contributed by atoms with E-state index in [1.165, 1.54) is 4.90 Å². The number of imide groups is 1. The zero-order valence-electron chi connectivity index (χ0n) is 25.0. The van der Waals surface area contributed by atoms with Gasteiger partial charge in [-0.25, -0.2) is 9.59 Å². The van der Waals surface area contributed by atoms with Gasteiger partial charge in [0.1, 0.15) is 24.4 Å². The van der Waals surface area contributed by atoms with Crippen LogP contribution in [0.1, 0.15) is 50.8 Å². The van der Waals surface area contributed by atoms with Crippen molar-refractivity contribution in [2.45, 2.75) is 51.4 Å². The molecular formula is C30H41N3O10. The quantitative estimate of drug-likeness (QED) is 0.173. The summed E-state index contributed by atoms with van der Waals surface area (Å²) in [5.74, 6) is 5.17. The van der Waals surface area contributed by atoms with Gasteiger partial charge in [-0.05, 0) is 44.9 Å². The average Bonchev–Trinajstić information content (AvgIpc) is 3.33. The van der Waals surface area contributed by atoms with E-state index in [0.717, 1.165) is 11.1 Å². The number of cyclic esters (lactones) is 1.